The number of rotatable bonds is 7. The lowest BCUT2D eigenvalue weighted by Crippen LogP contribution is -2.44. The van der Waals surface area contributed by atoms with Crippen molar-refractivity contribution in [1.82, 2.24) is 35.4 Å². The van der Waals surface area contributed by atoms with Crippen LogP contribution in [0, 0.1) is 13.8 Å². The number of ether oxygens (including phenoxy) is 1. The Hall–Kier alpha value is -2.96. The minimum Gasteiger partial charge on any atom is -0.376 e. The van der Waals surface area contributed by atoms with Crippen LogP contribution in [0.5, 0.6) is 0 Å². The highest BCUT2D eigenvalue weighted by Gasteiger charge is 2.23. The molecule has 1 fully saturated rings. The first-order valence-corrected chi connectivity index (χ1v) is 12.4. The van der Waals surface area contributed by atoms with Crippen LogP contribution in [0.1, 0.15) is 24.0 Å². The molecule has 10 nitrogen and oxygen atoms in total. The summed E-state index contributed by atoms with van der Waals surface area (Å²) in [6.07, 6.45) is 3.99. The summed E-state index contributed by atoms with van der Waals surface area (Å²) >= 11 is 6.61. The minimum atomic E-state index is -0.235. The molecule has 1 aliphatic heterocycles. The summed E-state index contributed by atoms with van der Waals surface area (Å²) in [5.41, 5.74) is 9.19. The van der Waals surface area contributed by atoms with Gasteiger partial charge in [-0.05, 0) is 62.2 Å². The number of hydrazine groups is 1. The minimum absolute atomic E-state index is 0.0989. The van der Waals surface area contributed by atoms with E-state index in [1.54, 1.807) is 4.68 Å². The van der Waals surface area contributed by atoms with E-state index in [2.05, 4.69) is 31.5 Å². The van der Waals surface area contributed by atoms with Crippen molar-refractivity contribution >= 4 is 40.7 Å². The fraction of sp³-hybridized carbons (Fsp3) is 0.409. The van der Waals surface area contributed by atoms with Gasteiger partial charge in [0, 0.05) is 25.5 Å². The predicted octanol–water partition coefficient (Wildman–Crippen LogP) is 2.58. The Labute approximate surface area is 207 Å². The third-order valence-electron chi connectivity index (χ3n) is 5.36. The van der Waals surface area contributed by atoms with Gasteiger partial charge in [0.1, 0.15) is 5.69 Å². The molecule has 0 unspecified atom stereocenters. The first kappa shape index (κ1) is 24.2. The lowest BCUT2D eigenvalue weighted by molar-refractivity contribution is -0.119. The van der Waals surface area contributed by atoms with Crippen LogP contribution in [0.3, 0.4) is 0 Å². The van der Waals surface area contributed by atoms with Crippen molar-refractivity contribution in [2.24, 2.45) is 7.05 Å². The molecule has 1 saturated heterocycles. The van der Waals surface area contributed by atoms with Gasteiger partial charge in [0.15, 0.2) is 16.1 Å². The number of carbonyl (C=O) groups is 1. The summed E-state index contributed by atoms with van der Waals surface area (Å²) in [6, 6.07) is 7.94. The molecule has 3 heterocycles. The number of amides is 1. The van der Waals surface area contributed by atoms with E-state index < -0.39 is 0 Å². The van der Waals surface area contributed by atoms with Gasteiger partial charge in [0.05, 0.1) is 18.4 Å². The van der Waals surface area contributed by atoms with Gasteiger partial charge in [-0.2, -0.15) is 5.10 Å². The van der Waals surface area contributed by atoms with Crippen LogP contribution in [-0.4, -0.2) is 54.0 Å². The van der Waals surface area contributed by atoms with Gasteiger partial charge in [-0.3, -0.25) is 24.9 Å². The zero-order chi connectivity index (χ0) is 24.1. The standard InChI is InChI=1S/C22H28N8O2S2/c1-14-6-7-15(2)18(11-14)23-21(33)26-24-19(31)13-34-22-27-25-20(17-8-9-29(3)28-17)30(22)12-16-5-4-10-32-16/h6-9,11,16H,4-5,10,12-13H2,1-3H3,(H,24,31)(H2,23,26,33)/t16-/m1/s1. The Bertz CT molecular complexity index is 1170. The van der Waals surface area contributed by atoms with Gasteiger partial charge >= 0.3 is 0 Å². The van der Waals surface area contributed by atoms with Crippen molar-refractivity contribution in [2.75, 3.05) is 17.7 Å². The fourth-order valence-electron chi connectivity index (χ4n) is 3.59. The third-order valence-corrected chi connectivity index (χ3v) is 6.53. The van der Waals surface area contributed by atoms with Crippen LogP contribution in [0.15, 0.2) is 35.6 Å². The van der Waals surface area contributed by atoms with Gasteiger partial charge in [-0.15, -0.1) is 10.2 Å². The number of thiocarbonyl (C=S) groups is 1. The normalized spacial score (nSPS) is 15.3. The van der Waals surface area contributed by atoms with Gasteiger partial charge in [0.25, 0.3) is 0 Å². The molecule has 3 aromatic rings. The molecule has 3 N–H and O–H groups in total. The van der Waals surface area contributed by atoms with Crippen molar-refractivity contribution in [3.05, 3.63) is 41.6 Å². The molecular formula is C22H28N8O2S2. The quantitative estimate of drug-likeness (QED) is 0.256. The molecule has 2 aromatic heterocycles. The highest BCUT2D eigenvalue weighted by atomic mass is 32.2. The highest BCUT2D eigenvalue weighted by molar-refractivity contribution is 7.99. The van der Waals surface area contributed by atoms with Crippen LogP contribution >= 0.6 is 24.0 Å². The summed E-state index contributed by atoms with van der Waals surface area (Å²) in [4.78, 5) is 12.5. The number of benzene rings is 1. The van der Waals surface area contributed by atoms with Gasteiger partial charge in [-0.1, -0.05) is 23.9 Å². The third kappa shape index (κ3) is 6.13. The Balaban J connectivity index is 1.35. The molecule has 34 heavy (non-hydrogen) atoms. The topological polar surface area (TPSA) is 111 Å². The Morgan fingerprint density at radius 3 is 2.85 bits per heavy atom. The number of hydrogen-bond donors (Lipinski definition) is 3. The van der Waals surface area contributed by atoms with Crippen molar-refractivity contribution in [3.8, 4) is 11.5 Å². The number of carbonyl (C=O) groups excluding carboxylic acids is 1. The van der Waals surface area contributed by atoms with Crippen molar-refractivity contribution in [2.45, 2.75) is 44.5 Å². The monoisotopic (exact) mass is 500 g/mol. The first-order valence-electron chi connectivity index (χ1n) is 11.0. The molecule has 1 atom stereocenters. The van der Waals surface area contributed by atoms with E-state index in [-0.39, 0.29) is 17.8 Å². The summed E-state index contributed by atoms with van der Waals surface area (Å²) in [7, 11) is 1.86. The van der Waals surface area contributed by atoms with Gasteiger partial charge < -0.3 is 10.1 Å². The number of hydrogen-bond acceptors (Lipinski definition) is 7. The number of nitrogens with one attached hydrogen (secondary N) is 3. The fourth-order valence-corrected chi connectivity index (χ4v) is 4.50. The molecule has 0 saturated carbocycles. The maximum absolute atomic E-state index is 12.5. The molecule has 0 radical (unpaired) electrons. The second-order valence-corrected chi connectivity index (χ2v) is 9.51. The second kappa shape index (κ2) is 11.0. The zero-order valence-electron chi connectivity index (χ0n) is 19.4. The number of nitrogens with zero attached hydrogens (tertiary/aromatic N) is 5. The Kier molecular flexibility index (Phi) is 7.80. The van der Waals surface area contributed by atoms with Crippen LogP contribution in [0.25, 0.3) is 11.5 Å². The average molecular weight is 501 g/mol. The Morgan fingerprint density at radius 2 is 2.12 bits per heavy atom. The summed E-state index contributed by atoms with van der Waals surface area (Å²) in [6.45, 7) is 5.38. The maximum atomic E-state index is 12.5. The Morgan fingerprint density at radius 1 is 1.26 bits per heavy atom. The predicted molar refractivity (Wildman–Crippen MR) is 135 cm³/mol. The van der Waals surface area contributed by atoms with E-state index in [9.17, 15) is 4.79 Å². The molecular weight excluding hydrogens is 472 g/mol. The molecule has 12 heteroatoms. The van der Waals surface area contributed by atoms with Gasteiger partial charge in [-0.25, -0.2) is 0 Å². The molecule has 0 aliphatic carbocycles. The summed E-state index contributed by atoms with van der Waals surface area (Å²) in [5.74, 6) is 0.572. The van der Waals surface area contributed by atoms with Crippen LogP contribution in [0.2, 0.25) is 0 Å². The molecule has 180 valence electrons. The number of anilines is 1. The lowest BCUT2D eigenvalue weighted by Gasteiger charge is -2.15. The zero-order valence-corrected chi connectivity index (χ0v) is 21.0. The van der Waals surface area contributed by atoms with Crippen molar-refractivity contribution < 1.29 is 9.53 Å². The maximum Gasteiger partial charge on any atom is 0.248 e. The molecule has 1 amide bonds. The van der Waals surface area contributed by atoms with Crippen LogP contribution in [0.4, 0.5) is 5.69 Å². The summed E-state index contributed by atoms with van der Waals surface area (Å²) in [5, 5.41) is 17.2. The van der Waals surface area contributed by atoms with E-state index in [1.165, 1.54) is 11.8 Å². The second-order valence-electron chi connectivity index (χ2n) is 8.16. The van der Waals surface area contributed by atoms with Crippen LogP contribution < -0.4 is 16.2 Å². The highest BCUT2D eigenvalue weighted by Crippen LogP contribution is 2.25. The number of aryl methyl sites for hydroxylation is 3. The van der Waals surface area contributed by atoms with E-state index in [1.807, 2.05) is 55.9 Å². The molecule has 1 aromatic carbocycles. The molecule has 1 aliphatic rings. The SMILES string of the molecule is Cc1ccc(C)c(NC(=S)NNC(=O)CSc2nnc(-c3ccn(C)n3)n2C[C@H]2CCCO2)c1. The number of aromatic nitrogens is 5. The van der Waals surface area contributed by atoms with E-state index in [0.717, 1.165) is 42.0 Å². The molecule has 4 rings (SSSR count). The van der Waals surface area contributed by atoms with E-state index in [4.69, 9.17) is 17.0 Å². The summed E-state index contributed by atoms with van der Waals surface area (Å²) < 4.78 is 9.52. The first-order chi connectivity index (χ1) is 16.4. The number of thioether (sulfide) groups is 1. The average Bonchev–Trinajstić information content (AvgIpc) is 3.56. The largest absolute Gasteiger partial charge is 0.376 e. The van der Waals surface area contributed by atoms with Crippen LogP contribution in [-0.2, 0) is 23.1 Å². The van der Waals surface area contributed by atoms with Gasteiger partial charge in [0.2, 0.25) is 5.91 Å². The molecule has 0 bridgehead atoms. The van der Waals surface area contributed by atoms with E-state index in [0.29, 0.717) is 22.6 Å². The lowest BCUT2D eigenvalue weighted by atomic mass is 10.1. The van der Waals surface area contributed by atoms with Crippen molar-refractivity contribution in [3.63, 3.8) is 0 Å². The smallest absolute Gasteiger partial charge is 0.248 e. The van der Waals surface area contributed by atoms with E-state index >= 15 is 0 Å². The van der Waals surface area contributed by atoms with Crippen molar-refractivity contribution in [1.29, 1.82) is 0 Å². The molecule has 0 spiro atoms.